The van der Waals surface area contributed by atoms with Gasteiger partial charge in [0.05, 0.1) is 0 Å². The van der Waals surface area contributed by atoms with Crippen LogP contribution in [0.2, 0.25) is 0 Å². The van der Waals surface area contributed by atoms with E-state index in [1.165, 1.54) is 3.11 Å². The van der Waals surface area contributed by atoms with E-state index < -0.39 is 12.0 Å². The van der Waals surface area contributed by atoms with Crippen LogP contribution in [-0.2, 0) is 20.9 Å². The van der Waals surface area contributed by atoms with Crippen molar-refractivity contribution in [2.45, 2.75) is 12.6 Å². The molecule has 0 N–H and O–H groups in total. The first kappa shape index (κ1) is 13.1. The highest BCUT2D eigenvalue weighted by atomic mass is 127. The van der Waals surface area contributed by atoms with Gasteiger partial charge in [0.2, 0.25) is 0 Å². The highest BCUT2D eigenvalue weighted by Crippen LogP contribution is 2.06. The Morgan fingerprint density at radius 3 is 2.62 bits per heavy atom. The minimum absolute atomic E-state index is 0.189. The van der Waals surface area contributed by atoms with E-state index in [1.54, 1.807) is 7.05 Å². The number of nitrogens with zero attached hydrogens (tertiary/aromatic N) is 1. The Hall–Kier alpha value is -0.950. The summed E-state index contributed by atoms with van der Waals surface area (Å²) in [5.74, 6) is -0.532. The van der Waals surface area contributed by atoms with Gasteiger partial charge in [0.1, 0.15) is 12.9 Å². The zero-order valence-electron chi connectivity index (χ0n) is 8.80. The second kappa shape index (κ2) is 6.59. The highest BCUT2D eigenvalue weighted by molar-refractivity contribution is 14.1. The Balaban J connectivity index is 2.49. The Morgan fingerprint density at radius 1 is 1.50 bits per heavy atom. The molecular formula is C11H12INO3. The highest BCUT2D eigenvalue weighted by Gasteiger charge is 2.22. The first-order valence-corrected chi connectivity index (χ1v) is 5.66. The van der Waals surface area contributed by atoms with Crippen LogP contribution in [0.4, 0.5) is 0 Å². The first-order valence-electron chi connectivity index (χ1n) is 4.69. The molecule has 1 unspecified atom stereocenters. The van der Waals surface area contributed by atoms with E-state index in [0.717, 1.165) is 5.56 Å². The Morgan fingerprint density at radius 2 is 2.12 bits per heavy atom. The first-order chi connectivity index (χ1) is 7.65. The van der Waals surface area contributed by atoms with Gasteiger partial charge in [0.15, 0.2) is 6.04 Å². The van der Waals surface area contributed by atoms with E-state index >= 15 is 0 Å². The lowest BCUT2D eigenvalue weighted by Gasteiger charge is -2.14. The minimum Gasteiger partial charge on any atom is -0.459 e. The topological polar surface area (TPSA) is 46.6 Å². The summed E-state index contributed by atoms with van der Waals surface area (Å²) in [6.07, 6.45) is 0.569. The van der Waals surface area contributed by atoms with Gasteiger partial charge in [0.25, 0.3) is 0 Å². The molecule has 1 rings (SSSR count). The van der Waals surface area contributed by atoms with Gasteiger partial charge >= 0.3 is 5.97 Å². The molecule has 4 nitrogen and oxygen atoms in total. The molecule has 1 aromatic carbocycles. The van der Waals surface area contributed by atoms with Crippen molar-refractivity contribution in [1.82, 2.24) is 3.11 Å². The summed E-state index contributed by atoms with van der Waals surface area (Å²) in [5, 5.41) is 0. The van der Waals surface area contributed by atoms with Crippen LogP contribution >= 0.6 is 22.9 Å². The number of carbonyl (C=O) groups is 2. The summed E-state index contributed by atoms with van der Waals surface area (Å²) in [6, 6.07) is 8.49. The summed E-state index contributed by atoms with van der Waals surface area (Å²) in [4.78, 5) is 22.1. The molecule has 0 heterocycles. The third-order valence-electron chi connectivity index (χ3n) is 1.98. The van der Waals surface area contributed by atoms with Gasteiger partial charge in [-0.1, -0.05) is 30.3 Å². The predicted octanol–water partition coefficient (Wildman–Crippen LogP) is 1.58. The number of hydrogen-bond donors (Lipinski definition) is 0. The average Bonchev–Trinajstić information content (AvgIpc) is 2.28. The van der Waals surface area contributed by atoms with Crippen molar-refractivity contribution in [1.29, 1.82) is 0 Å². The number of ether oxygens (including phenoxy) is 1. The number of benzene rings is 1. The third-order valence-corrected chi connectivity index (χ3v) is 2.58. The molecule has 0 aliphatic carbocycles. The molecule has 0 aliphatic heterocycles. The van der Waals surface area contributed by atoms with Crippen molar-refractivity contribution in [2.75, 3.05) is 7.05 Å². The van der Waals surface area contributed by atoms with Crippen LogP contribution in [0.15, 0.2) is 30.3 Å². The summed E-state index contributed by atoms with van der Waals surface area (Å²) >= 11 is 1.88. The monoisotopic (exact) mass is 333 g/mol. The van der Waals surface area contributed by atoms with Crippen molar-refractivity contribution in [2.24, 2.45) is 0 Å². The van der Waals surface area contributed by atoms with Crippen LogP contribution in [-0.4, -0.2) is 28.5 Å². The molecule has 5 heteroatoms. The molecule has 0 spiro atoms. The molecule has 1 atom stereocenters. The summed E-state index contributed by atoms with van der Waals surface area (Å²) in [6.45, 7) is 0.189. The Labute approximate surface area is 108 Å². The molecule has 0 saturated carbocycles. The van der Waals surface area contributed by atoms with E-state index in [-0.39, 0.29) is 6.61 Å². The maximum atomic E-state index is 11.5. The molecule has 1 aromatic rings. The van der Waals surface area contributed by atoms with Crippen molar-refractivity contribution in [3.63, 3.8) is 0 Å². The largest absolute Gasteiger partial charge is 0.459 e. The van der Waals surface area contributed by atoms with Gasteiger partial charge in [-0.25, -0.2) is 7.91 Å². The van der Waals surface area contributed by atoms with Crippen LogP contribution < -0.4 is 0 Å². The molecule has 0 aliphatic rings. The predicted molar refractivity (Wildman–Crippen MR) is 67.9 cm³/mol. The van der Waals surface area contributed by atoms with E-state index in [0.29, 0.717) is 6.29 Å². The van der Waals surface area contributed by atoms with Crippen molar-refractivity contribution in [3.05, 3.63) is 35.9 Å². The number of carbonyl (C=O) groups excluding carboxylic acids is 2. The van der Waals surface area contributed by atoms with Crippen LogP contribution in [0.3, 0.4) is 0 Å². The normalized spacial score (nSPS) is 12.2. The number of esters is 1. The maximum Gasteiger partial charge on any atom is 0.331 e. The molecule has 16 heavy (non-hydrogen) atoms. The van der Waals surface area contributed by atoms with Gasteiger partial charge in [0, 0.05) is 22.9 Å². The number of aldehydes is 1. The summed E-state index contributed by atoms with van der Waals surface area (Å²) < 4.78 is 6.51. The Bertz CT molecular complexity index is 354. The fourth-order valence-electron chi connectivity index (χ4n) is 1.10. The van der Waals surface area contributed by atoms with Crippen LogP contribution in [0.25, 0.3) is 0 Å². The number of hydrogen-bond acceptors (Lipinski definition) is 4. The standard InChI is InChI=1S/C11H12INO3/c1-13(12)10(7-14)11(15)16-8-9-5-3-2-4-6-9/h2-7,10H,8H2,1H3. The van der Waals surface area contributed by atoms with E-state index in [1.807, 2.05) is 53.2 Å². The summed E-state index contributed by atoms with van der Waals surface area (Å²) in [7, 11) is 1.64. The van der Waals surface area contributed by atoms with Gasteiger partial charge < -0.3 is 9.53 Å². The minimum atomic E-state index is -0.843. The van der Waals surface area contributed by atoms with Gasteiger partial charge in [-0.15, -0.1) is 0 Å². The van der Waals surface area contributed by atoms with Crippen LogP contribution in [0.1, 0.15) is 5.56 Å². The zero-order chi connectivity index (χ0) is 12.0. The fraction of sp³-hybridized carbons (Fsp3) is 0.273. The molecule has 0 amide bonds. The van der Waals surface area contributed by atoms with E-state index in [9.17, 15) is 9.59 Å². The van der Waals surface area contributed by atoms with Crippen LogP contribution in [0, 0.1) is 0 Å². The zero-order valence-corrected chi connectivity index (χ0v) is 11.0. The lowest BCUT2D eigenvalue weighted by molar-refractivity contribution is -0.149. The molecule has 0 fully saturated rings. The quantitative estimate of drug-likeness (QED) is 0.270. The molecule has 86 valence electrons. The van der Waals surface area contributed by atoms with Crippen LogP contribution in [0.5, 0.6) is 0 Å². The second-order valence-corrected chi connectivity index (χ2v) is 4.72. The summed E-state index contributed by atoms with van der Waals surface area (Å²) in [5.41, 5.74) is 0.900. The number of halogens is 1. The van der Waals surface area contributed by atoms with Gasteiger partial charge in [-0.3, -0.25) is 0 Å². The lowest BCUT2D eigenvalue weighted by Crippen LogP contribution is -2.34. The lowest BCUT2D eigenvalue weighted by atomic mass is 10.2. The Kier molecular flexibility index (Phi) is 5.41. The average molecular weight is 333 g/mol. The molecule has 0 aromatic heterocycles. The molecule has 0 saturated heterocycles. The van der Waals surface area contributed by atoms with Crippen molar-refractivity contribution >= 4 is 35.1 Å². The molecular weight excluding hydrogens is 321 g/mol. The van der Waals surface area contributed by atoms with E-state index in [2.05, 4.69) is 0 Å². The van der Waals surface area contributed by atoms with Gasteiger partial charge in [-0.05, 0) is 12.6 Å². The fourth-order valence-corrected chi connectivity index (χ4v) is 1.46. The number of rotatable bonds is 5. The SMILES string of the molecule is CN(I)C(C=O)C(=O)OCc1ccccc1. The van der Waals surface area contributed by atoms with Gasteiger partial charge in [-0.2, -0.15) is 0 Å². The van der Waals surface area contributed by atoms with Crippen molar-refractivity contribution < 1.29 is 14.3 Å². The van der Waals surface area contributed by atoms with E-state index in [4.69, 9.17) is 4.74 Å². The second-order valence-electron chi connectivity index (χ2n) is 3.20. The molecule has 0 bridgehead atoms. The third kappa shape index (κ3) is 3.90. The van der Waals surface area contributed by atoms with Crippen molar-refractivity contribution in [3.8, 4) is 0 Å². The smallest absolute Gasteiger partial charge is 0.331 e. The molecule has 0 radical (unpaired) electrons. The maximum absolute atomic E-state index is 11.5. The number of likely N-dealkylation sites (N-methyl/N-ethyl adjacent to an activating group) is 1.